The van der Waals surface area contributed by atoms with Crippen molar-refractivity contribution in [1.29, 1.82) is 0 Å². The van der Waals surface area contributed by atoms with Gasteiger partial charge >= 0.3 is 0 Å². The van der Waals surface area contributed by atoms with E-state index in [2.05, 4.69) is 27.7 Å². The zero-order valence-electron chi connectivity index (χ0n) is 14.2. The molecule has 21 heavy (non-hydrogen) atoms. The van der Waals surface area contributed by atoms with Crippen molar-refractivity contribution >= 4 is 23.1 Å². The van der Waals surface area contributed by atoms with Crippen LogP contribution in [0.25, 0.3) is 0 Å². The van der Waals surface area contributed by atoms with Gasteiger partial charge in [0.25, 0.3) is 0 Å². The standard InChI is InChI=1S/C17H32N2OS/c1-13(2)7-11-19(12-8-14(3)4)16(20)17(15(18)21)9-5-6-10-17/h13-14H,5-12H2,1-4H3,(H2,18,21). The second kappa shape index (κ2) is 8.11. The highest BCUT2D eigenvalue weighted by Crippen LogP contribution is 2.40. The minimum atomic E-state index is -0.552. The predicted molar refractivity (Wildman–Crippen MR) is 93.2 cm³/mol. The van der Waals surface area contributed by atoms with E-state index in [1.165, 1.54) is 0 Å². The highest BCUT2D eigenvalue weighted by atomic mass is 32.1. The minimum Gasteiger partial charge on any atom is -0.392 e. The molecule has 1 saturated carbocycles. The Morgan fingerprint density at radius 3 is 1.86 bits per heavy atom. The number of rotatable bonds is 8. The molecule has 0 aromatic heterocycles. The van der Waals surface area contributed by atoms with Gasteiger partial charge in [-0.3, -0.25) is 4.79 Å². The molecule has 1 fully saturated rings. The maximum Gasteiger partial charge on any atom is 0.235 e. The van der Waals surface area contributed by atoms with E-state index in [0.29, 0.717) is 16.8 Å². The zero-order chi connectivity index (χ0) is 16.0. The average Bonchev–Trinajstić information content (AvgIpc) is 2.88. The minimum absolute atomic E-state index is 0.189. The molecule has 0 aromatic rings. The van der Waals surface area contributed by atoms with Gasteiger partial charge < -0.3 is 10.6 Å². The van der Waals surface area contributed by atoms with Crippen molar-refractivity contribution in [2.75, 3.05) is 13.1 Å². The van der Waals surface area contributed by atoms with E-state index in [9.17, 15) is 4.79 Å². The largest absolute Gasteiger partial charge is 0.392 e. The lowest BCUT2D eigenvalue weighted by molar-refractivity contribution is -0.138. The van der Waals surface area contributed by atoms with Crippen molar-refractivity contribution in [3.05, 3.63) is 0 Å². The third kappa shape index (κ3) is 4.94. The van der Waals surface area contributed by atoms with Crippen LogP contribution in [0.1, 0.15) is 66.2 Å². The van der Waals surface area contributed by atoms with Crippen LogP contribution in [0.15, 0.2) is 0 Å². The van der Waals surface area contributed by atoms with Crippen LogP contribution in [0.2, 0.25) is 0 Å². The van der Waals surface area contributed by atoms with Gasteiger partial charge in [0, 0.05) is 13.1 Å². The van der Waals surface area contributed by atoms with Crippen molar-refractivity contribution in [3.8, 4) is 0 Å². The van der Waals surface area contributed by atoms with E-state index in [0.717, 1.165) is 51.6 Å². The monoisotopic (exact) mass is 312 g/mol. The maximum atomic E-state index is 13.1. The summed E-state index contributed by atoms with van der Waals surface area (Å²) >= 11 is 5.26. The molecule has 1 amide bonds. The van der Waals surface area contributed by atoms with Crippen LogP contribution >= 0.6 is 12.2 Å². The molecule has 0 saturated heterocycles. The fraction of sp³-hybridized carbons (Fsp3) is 0.882. The summed E-state index contributed by atoms with van der Waals surface area (Å²) in [6.07, 6.45) is 5.87. The Hall–Kier alpha value is -0.640. The molecule has 1 aliphatic rings. The van der Waals surface area contributed by atoms with Gasteiger partial charge in [-0.15, -0.1) is 0 Å². The Morgan fingerprint density at radius 1 is 1.10 bits per heavy atom. The van der Waals surface area contributed by atoms with Gasteiger partial charge in [0.1, 0.15) is 0 Å². The van der Waals surface area contributed by atoms with Crippen LogP contribution in [-0.2, 0) is 4.79 Å². The third-order valence-electron chi connectivity index (χ3n) is 4.58. The van der Waals surface area contributed by atoms with Gasteiger partial charge in [-0.2, -0.15) is 0 Å². The lowest BCUT2D eigenvalue weighted by atomic mass is 9.84. The van der Waals surface area contributed by atoms with Crippen LogP contribution in [0.3, 0.4) is 0 Å². The number of amides is 1. The first-order valence-electron chi connectivity index (χ1n) is 8.39. The Morgan fingerprint density at radius 2 is 1.52 bits per heavy atom. The summed E-state index contributed by atoms with van der Waals surface area (Å²) in [4.78, 5) is 15.5. The topological polar surface area (TPSA) is 46.3 Å². The van der Waals surface area contributed by atoms with Crippen molar-refractivity contribution < 1.29 is 4.79 Å². The van der Waals surface area contributed by atoms with Gasteiger partial charge in [-0.1, -0.05) is 52.8 Å². The number of hydrogen-bond donors (Lipinski definition) is 1. The van der Waals surface area contributed by atoms with Gasteiger partial charge in [0.2, 0.25) is 5.91 Å². The van der Waals surface area contributed by atoms with Crippen molar-refractivity contribution in [1.82, 2.24) is 4.90 Å². The molecule has 1 aliphatic carbocycles. The summed E-state index contributed by atoms with van der Waals surface area (Å²) in [5, 5.41) is 0. The Bertz CT molecular complexity index is 348. The molecule has 0 heterocycles. The van der Waals surface area contributed by atoms with Crippen molar-refractivity contribution in [3.63, 3.8) is 0 Å². The van der Waals surface area contributed by atoms with Crippen LogP contribution in [0.4, 0.5) is 0 Å². The molecular weight excluding hydrogens is 280 g/mol. The predicted octanol–water partition coefficient (Wildman–Crippen LogP) is 3.75. The molecule has 0 unspecified atom stereocenters. The summed E-state index contributed by atoms with van der Waals surface area (Å²) in [5.74, 6) is 1.39. The van der Waals surface area contributed by atoms with Crippen LogP contribution < -0.4 is 5.73 Å². The van der Waals surface area contributed by atoms with Gasteiger partial charge in [-0.05, 0) is 37.5 Å². The van der Waals surface area contributed by atoms with E-state index in [-0.39, 0.29) is 5.91 Å². The highest BCUT2D eigenvalue weighted by molar-refractivity contribution is 7.80. The zero-order valence-corrected chi connectivity index (χ0v) is 15.0. The van der Waals surface area contributed by atoms with E-state index >= 15 is 0 Å². The lowest BCUT2D eigenvalue weighted by Crippen LogP contribution is -2.50. The fourth-order valence-corrected chi connectivity index (χ4v) is 3.28. The summed E-state index contributed by atoms with van der Waals surface area (Å²) in [7, 11) is 0. The highest BCUT2D eigenvalue weighted by Gasteiger charge is 2.45. The Balaban J connectivity index is 2.83. The molecule has 0 atom stereocenters. The molecule has 0 bridgehead atoms. The number of carbonyl (C=O) groups excluding carboxylic acids is 1. The number of carbonyl (C=O) groups is 1. The van der Waals surface area contributed by atoms with E-state index in [4.69, 9.17) is 18.0 Å². The normalized spacial score (nSPS) is 17.4. The van der Waals surface area contributed by atoms with Crippen molar-refractivity contribution in [2.24, 2.45) is 23.0 Å². The van der Waals surface area contributed by atoms with Crippen molar-refractivity contribution in [2.45, 2.75) is 66.2 Å². The fourth-order valence-electron chi connectivity index (χ4n) is 2.99. The second-order valence-corrected chi connectivity index (χ2v) is 7.75. The van der Waals surface area contributed by atoms with E-state index < -0.39 is 5.41 Å². The Labute approximate surface area is 135 Å². The summed E-state index contributed by atoms with van der Waals surface area (Å²) in [6.45, 7) is 10.4. The molecule has 1 rings (SSSR count). The van der Waals surface area contributed by atoms with E-state index in [1.807, 2.05) is 4.90 Å². The molecule has 122 valence electrons. The number of thiocarbonyl (C=S) groups is 1. The molecular formula is C17H32N2OS. The molecule has 0 radical (unpaired) electrons. The molecule has 0 spiro atoms. The quantitative estimate of drug-likeness (QED) is 0.694. The summed E-state index contributed by atoms with van der Waals surface area (Å²) in [5.41, 5.74) is 5.41. The summed E-state index contributed by atoms with van der Waals surface area (Å²) in [6, 6.07) is 0. The smallest absolute Gasteiger partial charge is 0.235 e. The molecule has 2 N–H and O–H groups in total. The van der Waals surface area contributed by atoms with Crippen LogP contribution in [0.5, 0.6) is 0 Å². The average molecular weight is 313 g/mol. The molecule has 4 heteroatoms. The molecule has 3 nitrogen and oxygen atoms in total. The Kier molecular flexibility index (Phi) is 7.11. The summed E-state index contributed by atoms with van der Waals surface area (Å²) < 4.78 is 0. The first-order chi connectivity index (χ1) is 9.79. The number of hydrogen-bond acceptors (Lipinski definition) is 2. The van der Waals surface area contributed by atoms with Gasteiger partial charge in [0.15, 0.2) is 0 Å². The van der Waals surface area contributed by atoms with Gasteiger partial charge in [-0.25, -0.2) is 0 Å². The second-order valence-electron chi connectivity index (χ2n) is 7.31. The maximum absolute atomic E-state index is 13.1. The number of nitrogens with two attached hydrogens (primary N) is 1. The first-order valence-corrected chi connectivity index (χ1v) is 8.79. The van der Waals surface area contributed by atoms with E-state index in [1.54, 1.807) is 0 Å². The number of nitrogens with zero attached hydrogens (tertiary/aromatic N) is 1. The van der Waals surface area contributed by atoms with Crippen LogP contribution in [0, 0.1) is 17.3 Å². The lowest BCUT2D eigenvalue weighted by Gasteiger charge is -2.34. The SMILES string of the molecule is CC(C)CCN(CCC(C)C)C(=O)C1(C(N)=S)CCCC1. The molecule has 0 aliphatic heterocycles. The van der Waals surface area contributed by atoms with Crippen LogP contribution in [-0.4, -0.2) is 28.9 Å². The van der Waals surface area contributed by atoms with Gasteiger partial charge in [0.05, 0.1) is 10.4 Å². The first kappa shape index (κ1) is 18.4. The molecule has 0 aromatic carbocycles. The third-order valence-corrected chi connectivity index (χ3v) is 4.97.